The van der Waals surface area contributed by atoms with E-state index in [1.807, 2.05) is 12.1 Å². The van der Waals surface area contributed by atoms with E-state index in [1.165, 1.54) is 7.11 Å². The highest BCUT2D eigenvalue weighted by molar-refractivity contribution is 5.89. The van der Waals surface area contributed by atoms with Crippen LogP contribution in [0.4, 0.5) is 0 Å². The molecular formula is C16H23ClN2O3. The number of benzene rings is 1. The lowest BCUT2D eigenvalue weighted by atomic mass is 10.1. The third kappa shape index (κ3) is 5.00. The zero-order chi connectivity index (χ0) is 15.2. The molecule has 1 amide bonds. The molecule has 0 saturated heterocycles. The first-order valence-corrected chi connectivity index (χ1v) is 7.30. The summed E-state index contributed by atoms with van der Waals surface area (Å²) in [5.41, 5.74) is 7.42. The van der Waals surface area contributed by atoms with Crippen molar-refractivity contribution < 1.29 is 14.3 Å². The van der Waals surface area contributed by atoms with Crippen LogP contribution in [-0.4, -0.2) is 31.6 Å². The summed E-state index contributed by atoms with van der Waals surface area (Å²) in [5.74, 6) is -0.164. The fourth-order valence-electron chi connectivity index (χ4n) is 2.65. The number of rotatable bonds is 5. The van der Waals surface area contributed by atoms with Crippen LogP contribution in [0.5, 0.6) is 0 Å². The van der Waals surface area contributed by atoms with Gasteiger partial charge in [0, 0.05) is 18.5 Å². The number of ether oxygens (including phenoxy) is 1. The van der Waals surface area contributed by atoms with E-state index in [9.17, 15) is 9.59 Å². The Morgan fingerprint density at radius 3 is 2.50 bits per heavy atom. The molecule has 0 bridgehead atoms. The summed E-state index contributed by atoms with van der Waals surface area (Å²) in [6.07, 6.45) is 3.36. The van der Waals surface area contributed by atoms with E-state index >= 15 is 0 Å². The second-order valence-electron chi connectivity index (χ2n) is 5.50. The Morgan fingerprint density at radius 2 is 1.95 bits per heavy atom. The third-order valence-electron chi connectivity index (χ3n) is 3.93. The predicted octanol–water partition coefficient (Wildman–Crippen LogP) is 1.68. The maximum atomic E-state index is 11.9. The average Bonchev–Trinajstić information content (AvgIpc) is 2.94. The van der Waals surface area contributed by atoms with Crippen molar-refractivity contribution in [2.45, 2.75) is 31.7 Å². The van der Waals surface area contributed by atoms with Crippen molar-refractivity contribution in [2.75, 3.05) is 13.7 Å². The van der Waals surface area contributed by atoms with E-state index in [1.54, 1.807) is 12.1 Å². The van der Waals surface area contributed by atoms with Gasteiger partial charge in [-0.1, -0.05) is 12.1 Å². The average molecular weight is 327 g/mol. The Bertz CT molecular complexity index is 505. The molecule has 1 aliphatic carbocycles. The van der Waals surface area contributed by atoms with E-state index in [0.717, 1.165) is 31.2 Å². The Kier molecular flexibility index (Phi) is 7.35. The lowest BCUT2D eigenvalue weighted by Gasteiger charge is -2.10. The number of hydrogen-bond donors (Lipinski definition) is 2. The van der Waals surface area contributed by atoms with Gasteiger partial charge >= 0.3 is 5.97 Å². The maximum absolute atomic E-state index is 11.9. The number of nitrogens with one attached hydrogen (secondary N) is 1. The molecule has 22 heavy (non-hydrogen) atoms. The molecule has 2 unspecified atom stereocenters. The second-order valence-corrected chi connectivity index (χ2v) is 5.50. The number of esters is 1. The molecule has 1 aliphatic rings. The summed E-state index contributed by atoms with van der Waals surface area (Å²) in [6.45, 7) is 0.599. The highest BCUT2D eigenvalue weighted by Gasteiger charge is 2.27. The fraction of sp³-hybridized carbons (Fsp3) is 0.500. The van der Waals surface area contributed by atoms with E-state index in [-0.39, 0.29) is 36.2 Å². The summed E-state index contributed by atoms with van der Waals surface area (Å²) in [7, 11) is 1.36. The van der Waals surface area contributed by atoms with Crippen molar-refractivity contribution in [2.24, 2.45) is 11.7 Å². The lowest BCUT2D eigenvalue weighted by Crippen LogP contribution is -2.31. The maximum Gasteiger partial charge on any atom is 0.337 e. The standard InChI is InChI=1S/C16H22N2O3.ClH/c1-21-16(20)12-4-2-11(3-5-12)8-9-18-15(19)13-6-7-14(17)10-13;/h2-5,13-14H,6-10,17H2,1H3,(H,18,19);1H. The number of halogens is 1. The number of carbonyl (C=O) groups excluding carboxylic acids is 2. The van der Waals surface area contributed by atoms with Crippen molar-refractivity contribution in [3.05, 3.63) is 35.4 Å². The van der Waals surface area contributed by atoms with E-state index in [4.69, 9.17) is 5.73 Å². The molecule has 1 saturated carbocycles. The Balaban J connectivity index is 0.00000242. The minimum absolute atomic E-state index is 0. The summed E-state index contributed by atoms with van der Waals surface area (Å²) in [4.78, 5) is 23.2. The van der Waals surface area contributed by atoms with E-state index in [0.29, 0.717) is 12.1 Å². The number of nitrogens with two attached hydrogens (primary N) is 1. The molecule has 0 aliphatic heterocycles. The van der Waals surface area contributed by atoms with Crippen molar-refractivity contribution in [1.82, 2.24) is 5.32 Å². The molecule has 6 heteroatoms. The summed E-state index contributed by atoms with van der Waals surface area (Å²) in [6, 6.07) is 7.40. The van der Waals surface area contributed by atoms with Crippen LogP contribution in [0.2, 0.25) is 0 Å². The molecule has 2 rings (SSSR count). The van der Waals surface area contributed by atoms with Crippen LogP contribution >= 0.6 is 12.4 Å². The molecular weight excluding hydrogens is 304 g/mol. The summed E-state index contributed by atoms with van der Waals surface area (Å²) in [5, 5.41) is 2.96. The van der Waals surface area contributed by atoms with Gasteiger partial charge in [-0.3, -0.25) is 4.79 Å². The van der Waals surface area contributed by atoms with Gasteiger partial charge in [0.1, 0.15) is 0 Å². The molecule has 0 aromatic heterocycles. The number of methoxy groups -OCH3 is 1. The number of carbonyl (C=O) groups is 2. The van der Waals surface area contributed by atoms with Gasteiger partial charge in [-0.2, -0.15) is 0 Å². The van der Waals surface area contributed by atoms with Crippen molar-refractivity contribution in [1.29, 1.82) is 0 Å². The van der Waals surface area contributed by atoms with Crippen LogP contribution in [0.25, 0.3) is 0 Å². The highest BCUT2D eigenvalue weighted by Crippen LogP contribution is 2.23. The Hall–Kier alpha value is -1.59. The first kappa shape index (κ1) is 18.5. The van der Waals surface area contributed by atoms with Crippen LogP contribution in [-0.2, 0) is 16.0 Å². The van der Waals surface area contributed by atoms with Gasteiger partial charge in [0.2, 0.25) is 5.91 Å². The zero-order valence-corrected chi connectivity index (χ0v) is 13.5. The monoisotopic (exact) mass is 326 g/mol. The van der Waals surface area contributed by atoms with Gasteiger partial charge in [0.25, 0.3) is 0 Å². The smallest absolute Gasteiger partial charge is 0.337 e. The first-order valence-electron chi connectivity index (χ1n) is 7.30. The predicted molar refractivity (Wildman–Crippen MR) is 87.1 cm³/mol. The molecule has 0 radical (unpaired) electrons. The van der Waals surface area contributed by atoms with Gasteiger partial charge in [0.15, 0.2) is 0 Å². The zero-order valence-electron chi connectivity index (χ0n) is 12.7. The third-order valence-corrected chi connectivity index (χ3v) is 3.93. The topological polar surface area (TPSA) is 81.4 Å². The van der Waals surface area contributed by atoms with Gasteiger partial charge in [0.05, 0.1) is 12.7 Å². The van der Waals surface area contributed by atoms with Gasteiger partial charge in [-0.25, -0.2) is 4.79 Å². The van der Waals surface area contributed by atoms with Crippen LogP contribution in [0, 0.1) is 5.92 Å². The minimum Gasteiger partial charge on any atom is -0.465 e. The quantitative estimate of drug-likeness (QED) is 0.807. The fourth-order valence-corrected chi connectivity index (χ4v) is 2.65. The number of amides is 1. The number of hydrogen-bond acceptors (Lipinski definition) is 4. The molecule has 0 heterocycles. The highest BCUT2D eigenvalue weighted by atomic mass is 35.5. The van der Waals surface area contributed by atoms with Gasteiger partial charge < -0.3 is 15.8 Å². The Morgan fingerprint density at radius 1 is 1.27 bits per heavy atom. The van der Waals surface area contributed by atoms with Crippen molar-refractivity contribution in [3.8, 4) is 0 Å². The SMILES string of the molecule is COC(=O)c1ccc(CCNC(=O)C2CCC(N)C2)cc1.Cl. The molecule has 1 aromatic rings. The van der Waals surface area contributed by atoms with Crippen LogP contribution in [0.3, 0.4) is 0 Å². The summed E-state index contributed by atoms with van der Waals surface area (Å²) < 4.78 is 4.65. The lowest BCUT2D eigenvalue weighted by molar-refractivity contribution is -0.124. The molecule has 1 fully saturated rings. The van der Waals surface area contributed by atoms with Gasteiger partial charge in [-0.05, 0) is 43.4 Å². The van der Waals surface area contributed by atoms with Crippen molar-refractivity contribution >= 4 is 24.3 Å². The van der Waals surface area contributed by atoms with E-state index < -0.39 is 0 Å². The minimum atomic E-state index is -0.340. The van der Waals surface area contributed by atoms with Crippen LogP contribution in [0.1, 0.15) is 35.2 Å². The van der Waals surface area contributed by atoms with Crippen molar-refractivity contribution in [3.63, 3.8) is 0 Å². The molecule has 0 spiro atoms. The molecule has 5 nitrogen and oxygen atoms in total. The van der Waals surface area contributed by atoms with Crippen LogP contribution < -0.4 is 11.1 Å². The summed E-state index contributed by atoms with van der Waals surface area (Å²) >= 11 is 0. The molecule has 122 valence electrons. The first-order chi connectivity index (χ1) is 10.1. The van der Waals surface area contributed by atoms with E-state index in [2.05, 4.69) is 10.1 Å². The molecule has 3 N–H and O–H groups in total. The molecule has 1 aromatic carbocycles. The normalized spacial score (nSPS) is 20.1. The Labute approximate surface area is 137 Å². The van der Waals surface area contributed by atoms with Gasteiger partial charge in [-0.15, -0.1) is 12.4 Å². The molecule has 2 atom stereocenters. The van der Waals surface area contributed by atoms with Crippen LogP contribution in [0.15, 0.2) is 24.3 Å². The largest absolute Gasteiger partial charge is 0.465 e. The second kappa shape index (κ2) is 8.76.